The van der Waals surface area contributed by atoms with Gasteiger partial charge in [0.1, 0.15) is 0 Å². The fourth-order valence-corrected chi connectivity index (χ4v) is 5.63. The molecule has 8 heteroatoms. The molecule has 1 amide bonds. The highest BCUT2D eigenvalue weighted by molar-refractivity contribution is 5.70. The molecule has 3 aliphatic heterocycles. The van der Waals surface area contributed by atoms with Gasteiger partial charge in [-0.05, 0) is 43.8 Å². The van der Waals surface area contributed by atoms with E-state index >= 15 is 0 Å². The molecule has 3 saturated heterocycles. The summed E-state index contributed by atoms with van der Waals surface area (Å²) in [5.41, 5.74) is 1.39. The molecule has 4 rings (SSSR count). The molecule has 0 saturated carbocycles. The highest BCUT2D eigenvalue weighted by Gasteiger charge is 2.43. The molecule has 8 nitrogen and oxygen atoms in total. The number of amides is 1. The van der Waals surface area contributed by atoms with Crippen molar-refractivity contribution in [3.05, 3.63) is 35.9 Å². The molecule has 2 unspecified atom stereocenters. The van der Waals surface area contributed by atoms with Crippen LogP contribution in [0.3, 0.4) is 0 Å². The Hall–Kier alpha value is -2.16. The van der Waals surface area contributed by atoms with Crippen molar-refractivity contribution >= 4 is 12.1 Å². The Morgan fingerprint density at radius 3 is 2.38 bits per heavy atom. The van der Waals surface area contributed by atoms with Gasteiger partial charge >= 0.3 is 12.1 Å². The van der Waals surface area contributed by atoms with E-state index in [1.807, 2.05) is 7.05 Å². The topological polar surface area (TPSA) is 76.6 Å². The Balaban J connectivity index is 1.18. The molecule has 3 heterocycles. The van der Waals surface area contributed by atoms with Crippen molar-refractivity contribution in [1.82, 2.24) is 19.6 Å². The number of nitrogens with zero attached hydrogens (tertiary/aromatic N) is 4. The Labute approximate surface area is 203 Å². The largest absolute Gasteiger partial charge is 0.481 e. The standard InChI is InChI=1S/C26H40N4O4/c1-27-23(25(34-26(27)33)30-18-16-28(17-19-30)15-12-24(31)32)9-5-8-21-10-13-29(14-11-21)20-22-6-3-2-4-7-22/h2-4,6-7,21,23,25H,5,8-20H2,1H3,(H,31,32). The van der Waals surface area contributed by atoms with Crippen LogP contribution in [0.2, 0.25) is 0 Å². The predicted octanol–water partition coefficient (Wildman–Crippen LogP) is 2.94. The van der Waals surface area contributed by atoms with Gasteiger partial charge in [-0.2, -0.15) is 0 Å². The Kier molecular flexibility index (Phi) is 8.80. The van der Waals surface area contributed by atoms with E-state index < -0.39 is 5.97 Å². The van der Waals surface area contributed by atoms with Crippen molar-refractivity contribution < 1.29 is 19.4 Å². The van der Waals surface area contributed by atoms with Gasteiger partial charge in [0.15, 0.2) is 6.23 Å². The number of cyclic esters (lactones) is 1. The smallest absolute Gasteiger partial charge is 0.411 e. The van der Waals surface area contributed by atoms with E-state index in [4.69, 9.17) is 9.84 Å². The first-order valence-corrected chi connectivity index (χ1v) is 12.9. The molecular formula is C26H40N4O4. The van der Waals surface area contributed by atoms with Gasteiger partial charge in [0.2, 0.25) is 0 Å². The summed E-state index contributed by atoms with van der Waals surface area (Å²) in [5.74, 6) is 0.0160. The van der Waals surface area contributed by atoms with Crippen LogP contribution in [0.5, 0.6) is 0 Å². The van der Waals surface area contributed by atoms with Gasteiger partial charge in [-0.25, -0.2) is 4.79 Å². The van der Waals surface area contributed by atoms with Crippen LogP contribution in [0.15, 0.2) is 30.3 Å². The third-order valence-corrected chi connectivity index (χ3v) is 7.81. The van der Waals surface area contributed by atoms with E-state index in [1.165, 1.54) is 37.9 Å². The lowest BCUT2D eigenvalue weighted by Gasteiger charge is -2.38. The second-order valence-corrected chi connectivity index (χ2v) is 10.1. The first-order chi connectivity index (χ1) is 16.5. The van der Waals surface area contributed by atoms with Crippen molar-refractivity contribution in [2.45, 2.75) is 57.3 Å². The van der Waals surface area contributed by atoms with Gasteiger partial charge < -0.3 is 19.6 Å². The number of carbonyl (C=O) groups excluding carboxylic acids is 1. The SMILES string of the molecule is CN1C(=O)OC(N2CCN(CCC(=O)O)CC2)C1CCCC1CCN(Cc2ccccc2)CC1. The van der Waals surface area contributed by atoms with E-state index in [-0.39, 0.29) is 24.8 Å². The zero-order valence-corrected chi connectivity index (χ0v) is 20.5. The first-order valence-electron chi connectivity index (χ1n) is 12.9. The quantitative estimate of drug-likeness (QED) is 0.561. The number of piperidine rings is 1. The van der Waals surface area contributed by atoms with Crippen molar-refractivity contribution in [2.75, 3.05) is 52.9 Å². The van der Waals surface area contributed by atoms with E-state index in [0.717, 1.165) is 51.5 Å². The Morgan fingerprint density at radius 1 is 1.00 bits per heavy atom. The number of hydrogen-bond donors (Lipinski definition) is 1. The Morgan fingerprint density at radius 2 is 1.71 bits per heavy atom. The summed E-state index contributed by atoms with van der Waals surface area (Å²) in [7, 11) is 1.86. The minimum absolute atomic E-state index is 0.0937. The van der Waals surface area contributed by atoms with Crippen LogP contribution in [0.25, 0.3) is 0 Å². The molecule has 3 aliphatic rings. The van der Waals surface area contributed by atoms with Gasteiger partial charge in [0.25, 0.3) is 0 Å². The van der Waals surface area contributed by atoms with E-state index in [9.17, 15) is 9.59 Å². The van der Waals surface area contributed by atoms with E-state index in [1.54, 1.807) is 4.90 Å². The number of piperazine rings is 1. The molecule has 1 aromatic rings. The van der Waals surface area contributed by atoms with Crippen molar-refractivity contribution in [3.63, 3.8) is 0 Å². The molecule has 0 radical (unpaired) electrons. The highest BCUT2D eigenvalue weighted by Crippen LogP contribution is 2.29. The maximum Gasteiger partial charge on any atom is 0.411 e. The summed E-state index contributed by atoms with van der Waals surface area (Å²) in [6.07, 6.45) is 5.57. The van der Waals surface area contributed by atoms with E-state index in [0.29, 0.717) is 6.54 Å². The molecule has 0 aliphatic carbocycles. The zero-order valence-electron chi connectivity index (χ0n) is 20.5. The number of likely N-dealkylation sites (N-methyl/N-ethyl adjacent to an activating group) is 1. The lowest BCUT2D eigenvalue weighted by atomic mass is 9.90. The molecule has 2 atom stereocenters. The first kappa shape index (κ1) is 24.9. The average Bonchev–Trinajstić information content (AvgIpc) is 3.13. The summed E-state index contributed by atoms with van der Waals surface area (Å²) in [6, 6.07) is 10.8. The molecule has 0 aromatic heterocycles. The monoisotopic (exact) mass is 472 g/mol. The lowest BCUT2D eigenvalue weighted by Crippen LogP contribution is -2.54. The van der Waals surface area contributed by atoms with Crippen LogP contribution < -0.4 is 0 Å². The van der Waals surface area contributed by atoms with Gasteiger partial charge in [-0.1, -0.05) is 43.2 Å². The number of benzene rings is 1. The van der Waals surface area contributed by atoms with Crippen LogP contribution in [-0.2, 0) is 16.1 Å². The third kappa shape index (κ3) is 6.71. The molecule has 0 spiro atoms. The van der Waals surface area contributed by atoms with Crippen LogP contribution in [0, 0.1) is 5.92 Å². The number of rotatable bonds is 10. The molecular weight excluding hydrogens is 432 g/mol. The van der Waals surface area contributed by atoms with Crippen LogP contribution >= 0.6 is 0 Å². The minimum atomic E-state index is -0.754. The van der Waals surface area contributed by atoms with Gasteiger partial charge in [-0.3, -0.25) is 14.6 Å². The molecule has 188 valence electrons. The van der Waals surface area contributed by atoms with Crippen LogP contribution in [-0.4, -0.2) is 102 Å². The zero-order chi connectivity index (χ0) is 23.9. The number of ether oxygens (including phenoxy) is 1. The molecule has 1 aromatic carbocycles. The van der Waals surface area contributed by atoms with Gasteiger partial charge in [0.05, 0.1) is 12.5 Å². The molecule has 3 fully saturated rings. The maximum atomic E-state index is 12.3. The molecule has 0 bridgehead atoms. The number of carboxylic acid groups (broad SMARTS) is 1. The van der Waals surface area contributed by atoms with E-state index in [2.05, 4.69) is 45.0 Å². The summed E-state index contributed by atoms with van der Waals surface area (Å²) < 4.78 is 5.77. The fourth-order valence-electron chi connectivity index (χ4n) is 5.63. The average molecular weight is 473 g/mol. The normalized spacial score (nSPS) is 25.6. The molecule has 1 N–H and O–H groups in total. The second kappa shape index (κ2) is 12.0. The predicted molar refractivity (Wildman–Crippen MR) is 130 cm³/mol. The molecule has 34 heavy (non-hydrogen) atoms. The third-order valence-electron chi connectivity index (χ3n) is 7.81. The van der Waals surface area contributed by atoms with Gasteiger partial charge in [-0.15, -0.1) is 0 Å². The fraction of sp³-hybridized carbons (Fsp3) is 0.692. The Bertz CT molecular complexity index is 791. The highest BCUT2D eigenvalue weighted by atomic mass is 16.6. The number of likely N-dealkylation sites (tertiary alicyclic amines) is 1. The second-order valence-electron chi connectivity index (χ2n) is 10.1. The summed E-state index contributed by atoms with van der Waals surface area (Å²) in [5, 5.41) is 8.91. The number of hydrogen-bond acceptors (Lipinski definition) is 6. The van der Waals surface area contributed by atoms with Gasteiger partial charge in [0, 0.05) is 46.3 Å². The van der Waals surface area contributed by atoms with Crippen molar-refractivity contribution in [2.24, 2.45) is 5.92 Å². The van der Waals surface area contributed by atoms with Crippen molar-refractivity contribution in [3.8, 4) is 0 Å². The summed E-state index contributed by atoms with van der Waals surface area (Å²) in [4.78, 5) is 32.0. The lowest BCUT2D eigenvalue weighted by molar-refractivity contribution is -0.137. The number of carbonyl (C=O) groups is 2. The number of aliphatic carboxylic acids is 1. The maximum absolute atomic E-state index is 12.3. The summed E-state index contributed by atoms with van der Waals surface area (Å²) >= 11 is 0. The van der Waals surface area contributed by atoms with Crippen LogP contribution in [0.1, 0.15) is 44.1 Å². The summed E-state index contributed by atoms with van der Waals surface area (Å²) in [6.45, 7) is 7.22. The number of carboxylic acids is 1. The van der Waals surface area contributed by atoms with Crippen molar-refractivity contribution in [1.29, 1.82) is 0 Å². The van der Waals surface area contributed by atoms with Crippen LogP contribution in [0.4, 0.5) is 4.79 Å². The minimum Gasteiger partial charge on any atom is -0.481 e.